The Hall–Kier alpha value is -1.75. The van der Waals surface area contributed by atoms with Crippen LogP contribution in [0.3, 0.4) is 0 Å². The van der Waals surface area contributed by atoms with E-state index in [-0.39, 0.29) is 5.82 Å². The highest BCUT2D eigenvalue weighted by molar-refractivity contribution is 5.19. The number of hydrogen-bond acceptors (Lipinski definition) is 4. The van der Waals surface area contributed by atoms with E-state index in [1.54, 1.807) is 6.07 Å². The molecular formula is C13H16FN3O. The van der Waals surface area contributed by atoms with Gasteiger partial charge in [-0.05, 0) is 30.7 Å². The Morgan fingerprint density at radius 3 is 3.06 bits per heavy atom. The van der Waals surface area contributed by atoms with E-state index in [9.17, 15) is 4.39 Å². The van der Waals surface area contributed by atoms with Crippen LogP contribution in [-0.2, 0) is 13.0 Å². The highest BCUT2D eigenvalue weighted by Crippen LogP contribution is 2.08. The van der Waals surface area contributed by atoms with E-state index in [0.717, 1.165) is 18.5 Å². The van der Waals surface area contributed by atoms with Gasteiger partial charge in [-0.3, -0.25) is 0 Å². The molecule has 0 bridgehead atoms. The van der Waals surface area contributed by atoms with Crippen molar-refractivity contribution >= 4 is 0 Å². The van der Waals surface area contributed by atoms with Gasteiger partial charge >= 0.3 is 0 Å². The molecule has 5 heteroatoms. The lowest BCUT2D eigenvalue weighted by molar-refractivity contribution is 0.363. The highest BCUT2D eigenvalue weighted by Gasteiger charge is 2.07. The molecule has 96 valence electrons. The summed E-state index contributed by atoms with van der Waals surface area (Å²) in [5.74, 6) is 0.893. The van der Waals surface area contributed by atoms with Crippen molar-refractivity contribution in [2.75, 3.05) is 6.54 Å². The molecule has 18 heavy (non-hydrogen) atoms. The van der Waals surface area contributed by atoms with Crippen molar-refractivity contribution in [2.24, 2.45) is 0 Å². The summed E-state index contributed by atoms with van der Waals surface area (Å²) in [6.45, 7) is 3.59. The quantitative estimate of drug-likeness (QED) is 0.798. The zero-order valence-corrected chi connectivity index (χ0v) is 10.3. The number of benzene rings is 1. The first-order chi connectivity index (χ1) is 8.78. The average molecular weight is 249 g/mol. The average Bonchev–Trinajstić information content (AvgIpc) is 2.77. The summed E-state index contributed by atoms with van der Waals surface area (Å²) in [5.41, 5.74) is 0.837. The van der Waals surface area contributed by atoms with Gasteiger partial charge in [0.05, 0.1) is 6.54 Å². The Morgan fingerprint density at radius 2 is 2.28 bits per heavy atom. The van der Waals surface area contributed by atoms with Crippen molar-refractivity contribution in [3.8, 4) is 0 Å². The van der Waals surface area contributed by atoms with E-state index in [0.29, 0.717) is 24.7 Å². The molecule has 1 aromatic heterocycles. The van der Waals surface area contributed by atoms with Crippen molar-refractivity contribution in [2.45, 2.75) is 26.3 Å². The lowest BCUT2D eigenvalue weighted by Crippen LogP contribution is -2.13. The van der Waals surface area contributed by atoms with E-state index in [1.807, 2.05) is 6.07 Å². The van der Waals surface area contributed by atoms with E-state index in [4.69, 9.17) is 4.52 Å². The molecule has 2 aromatic rings. The maximum atomic E-state index is 13.0. The molecule has 0 fully saturated rings. The summed E-state index contributed by atoms with van der Waals surface area (Å²) < 4.78 is 18.1. The first-order valence-corrected chi connectivity index (χ1v) is 6.04. The maximum Gasteiger partial charge on any atom is 0.240 e. The summed E-state index contributed by atoms with van der Waals surface area (Å²) in [6, 6.07) is 6.41. The lowest BCUT2D eigenvalue weighted by Gasteiger charge is -1.96. The van der Waals surface area contributed by atoms with Gasteiger partial charge < -0.3 is 9.84 Å². The normalized spacial score (nSPS) is 10.8. The lowest BCUT2D eigenvalue weighted by atomic mass is 10.1. The Morgan fingerprint density at radius 1 is 1.39 bits per heavy atom. The number of nitrogens with one attached hydrogen (secondary N) is 1. The van der Waals surface area contributed by atoms with Crippen LogP contribution in [0.4, 0.5) is 4.39 Å². The number of aromatic nitrogens is 2. The van der Waals surface area contributed by atoms with Gasteiger partial charge in [0.15, 0.2) is 5.82 Å². The second kappa shape index (κ2) is 6.26. The van der Waals surface area contributed by atoms with Gasteiger partial charge in [-0.25, -0.2) is 4.39 Å². The SMILES string of the molecule is CCCNCc1nc(Cc2cccc(F)c2)no1. The molecule has 0 spiro atoms. The van der Waals surface area contributed by atoms with Crippen molar-refractivity contribution in [3.05, 3.63) is 47.4 Å². The summed E-state index contributed by atoms with van der Waals surface area (Å²) in [6.07, 6.45) is 1.54. The molecular weight excluding hydrogens is 233 g/mol. The number of hydrogen-bond donors (Lipinski definition) is 1. The van der Waals surface area contributed by atoms with E-state index in [1.165, 1.54) is 12.1 Å². The zero-order chi connectivity index (χ0) is 12.8. The van der Waals surface area contributed by atoms with Crippen LogP contribution >= 0.6 is 0 Å². The fourth-order valence-corrected chi connectivity index (χ4v) is 1.64. The molecule has 0 saturated heterocycles. The van der Waals surface area contributed by atoms with Crippen LogP contribution in [-0.4, -0.2) is 16.7 Å². The van der Waals surface area contributed by atoms with Gasteiger partial charge in [-0.1, -0.05) is 24.2 Å². The summed E-state index contributed by atoms with van der Waals surface area (Å²) in [7, 11) is 0. The number of nitrogens with zero attached hydrogens (tertiary/aromatic N) is 2. The molecule has 4 nitrogen and oxygen atoms in total. The maximum absolute atomic E-state index is 13.0. The van der Waals surface area contributed by atoms with Crippen molar-refractivity contribution in [1.82, 2.24) is 15.5 Å². The smallest absolute Gasteiger partial charge is 0.240 e. The molecule has 0 unspecified atom stereocenters. The van der Waals surface area contributed by atoms with E-state index >= 15 is 0 Å². The van der Waals surface area contributed by atoms with Crippen molar-refractivity contribution in [3.63, 3.8) is 0 Å². The van der Waals surface area contributed by atoms with Gasteiger partial charge in [-0.15, -0.1) is 0 Å². The minimum Gasteiger partial charge on any atom is -0.338 e. The van der Waals surface area contributed by atoms with Gasteiger partial charge in [-0.2, -0.15) is 4.98 Å². The zero-order valence-electron chi connectivity index (χ0n) is 10.3. The Kier molecular flexibility index (Phi) is 4.41. The Bertz CT molecular complexity index is 498. The van der Waals surface area contributed by atoms with Crippen molar-refractivity contribution < 1.29 is 8.91 Å². The third-order valence-corrected chi connectivity index (χ3v) is 2.46. The molecule has 0 saturated carbocycles. The largest absolute Gasteiger partial charge is 0.338 e. The second-order valence-electron chi connectivity index (χ2n) is 4.09. The Balaban J connectivity index is 1.94. The van der Waals surface area contributed by atoms with Crippen molar-refractivity contribution in [1.29, 1.82) is 0 Å². The fraction of sp³-hybridized carbons (Fsp3) is 0.385. The fourth-order valence-electron chi connectivity index (χ4n) is 1.64. The third-order valence-electron chi connectivity index (χ3n) is 2.46. The molecule has 0 aliphatic carbocycles. The molecule has 0 amide bonds. The number of rotatable bonds is 6. The molecule has 0 aliphatic heterocycles. The monoisotopic (exact) mass is 249 g/mol. The minimum absolute atomic E-state index is 0.249. The minimum atomic E-state index is -0.249. The second-order valence-corrected chi connectivity index (χ2v) is 4.09. The Labute approximate surface area is 105 Å². The highest BCUT2D eigenvalue weighted by atomic mass is 19.1. The topological polar surface area (TPSA) is 51.0 Å². The molecule has 1 heterocycles. The molecule has 0 radical (unpaired) electrons. The number of halogens is 1. The first-order valence-electron chi connectivity index (χ1n) is 6.04. The van der Waals surface area contributed by atoms with Crippen LogP contribution in [0.2, 0.25) is 0 Å². The third kappa shape index (κ3) is 3.63. The predicted molar refractivity (Wildman–Crippen MR) is 65.5 cm³/mol. The van der Waals surface area contributed by atoms with Crippen LogP contribution in [0.5, 0.6) is 0 Å². The molecule has 1 N–H and O–H groups in total. The van der Waals surface area contributed by atoms with Crippen LogP contribution < -0.4 is 5.32 Å². The van der Waals surface area contributed by atoms with Gasteiger partial charge in [0, 0.05) is 6.42 Å². The van der Waals surface area contributed by atoms with Gasteiger partial charge in [0.25, 0.3) is 0 Å². The van der Waals surface area contributed by atoms with E-state index in [2.05, 4.69) is 22.4 Å². The van der Waals surface area contributed by atoms with Gasteiger partial charge in [0.1, 0.15) is 5.82 Å². The molecule has 0 aliphatic rings. The van der Waals surface area contributed by atoms with E-state index < -0.39 is 0 Å². The molecule has 1 aromatic carbocycles. The molecule has 2 rings (SSSR count). The van der Waals surface area contributed by atoms with Gasteiger partial charge in [0.2, 0.25) is 5.89 Å². The van der Waals surface area contributed by atoms with Crippen LogP contribution in [0.1, 0.15) is 30.6 Å². The summed E-state index contributed by atoms with van der Waals surface area (Å²) in [5, 5.41) is 7.05. The summed E-state index contributed by atoms with van der Waals surface area (Å²) >= 11 is 0. The predicted octanol–water partition coefficient (Wildman–Crippen LogP) is 2.30. The van der Waals surface area contributed by atoms with Crippen LogP contribution in [0, 0.1) is 5.82 Å². The van der Waals surface area contributed by atoms with Crippen LogP contribution in [0.25, 0.3) is 0 Å². The first kappa shape index (κ1) is 12.7. The standard InChI is InChI=1S/C13H16FN3O/c1-2-6-15-9-13-16-12(17-18-13)8-10-4-3-5-11(14)7-10/h3-5,7,15H,2,6,8-9H2,1H3. The molecule has 0 atom stereocenters. The van der Waals surface area contributed by atoms with Crippen LogP contribution in [0.15, 0.2) is 28.8 Å². The summed E-state index contributed by atoms with van der Waals surface area (Å²) in [4.78, 5) is 4.24.